The van der Waals surface area contributed by atoms with E-state index in [1.54, 1.807) is 24.3 Å². The Labute approximate surface area is 144 Å². The topological polar surface area (TPSA) is 58.6 Å². The van der Waals surface area contributed by atoms with Crippen molar-refractivity contribution in [3.8, 4) is 5.75 Å². The van der Waals surface area contributed by atoms with Gasteiger partial charge in [0.2, 0.25) is 11.8 Å². The number of carbonyl (C=O) groups excluding carboxylic acids is 2. The number of nitrogens with zero attached hydrogens (tertiary/aromatic N) is 1. The van der Waals surface area contributed by atoms with Crippen molar-refractivity contribution in [2.45, 2.75) is 44.4 Å². The number of methoxy groups -OCH3 is 1. The summed E-state index contributed by atoms with van der Waals surface area (Å²) in [6.07, 6.45) is -4.69. The fourth-order valence-corrected chi connectivity index (χ4v) is 3.05. The summed E-state index contributed by atoms with van der Waals surface area (Å²) >= 11 is 0. The first-order chi connectivity index (χ1) is 11.7. The predicted molar refractivity (Wildman–Crippen MR) is 85.1 cm³/mol. The zero-order valence-electron chi connectivity index (χ0n) is 14.1. The standard InChI is InChI=1S/C17H21F3N2O3/c1-11(23)21-13-6-7-15(17(18,19)20)22(10-13)16(24)9-12-4-3-5-14(8-12)25-2/h3-5,8,13,15H,6-7,9-10H2,1-2H3,(H,21,23)/t13-,15-/m1/s1. The number of alkyl halides is 3. The summed E-state index contributed by atoms with van der Waals surface area (Å²) in [6, 6.07) is 4.37. The molecule has 2 atom stereocenters. The van der Waals surface area contributed by atoms with Crippen molar-refractivity contribution in [2.24, 2.45) is 0 Å². The first kappa shape index (κ1) is 19.1. The lowest BCUT2D eigenvalue weighted by molar-refractivity contribution is -0.197. The molecular weight excluding hydrogens is 337 g/mol. The molecule has 0 aliphatic carbocycles. The molecule has 1 fully saturated rings. The largest absolute Gasteiger partial charge is 0.497 e. The van der Waals surface area contributed by atoms with Crippen molar-refractivity contribution in [3.05, 3.63) is 29.8 Å². The number of rotatable bonds is 4. The second-order valence-corrected chi connectivity index (χ2v) is 6.11. The van der Waals surface area contributed by atoms with Crippen LogP contribution in [0.2, 0.25) is 0 Å². The minimum absolute atomic E-state index is 0.146. The summed E-state index contributed by atoms with van der Waals surface area (Å²) in [6.45, 7) is 1.16. The molecule has 0 bridgehead atoms. The molecule has 138 valence electrons. The Morgan fingerprint density at radius 3 is 2.64 bits per heavy atom. The summed E-state index contributed by atoms with van der Waals surface area (Å²) in [7, 11) is 1.48. The summed E-state index contributed by atoms with van der Waals surface area (Å²) < 4.78 is 45.0. The van der Waals surface area contributed by atoms with Gasteiger partial charge in [0.05, 0.1) is 13.5 Å². The molecule has 0 unspecified atom stereocenters. The normalized spacial score (nSPS) is 20.9. The Balaban J connectivity index is 2.16. The molecule has 1 aromatic carbocycles. The number of likely N-dealkylation sites (tertiary alicyclic amines) is 1. The first-order valence-electron chi connectivity index (χ1n) is 7.97. The lowest BCUT2D eigenvalue weighted by atomic mass is 9.96. The van der Waals surface area contributed by atoms with Gasteiger partial charge >= 0.3 is 6.18 Å². The van der Waals surface area contributed by atoms with E-state index < -0.39 is 24.2 Å². The van der Waals surface area contributed by atoms with Crippen LogP contribution in [0.5, 0.6) is 5.75 Å². The van der Waals surface area contributed by atoms with Crippen molar-refractivity contribution in [1.29, 1.82) is 0 Å². The predicted octanol–water partition coefficient (Wildman–Crippen LogP) is 2.30. The van der Waals surface area contributed by atoms with Gasteiger partial charge in [-0.15, -0.1) is 0 Å². The molecule has 0 radical (unpaired) electrons. The number of hydrogen-bond donors (Lipinski definition) is 1. The molecule has 1 saturated heterocycles. The van der Waals surface area contributed by atoms with E-state index >= 15 is 0 Å². The monoisotopic (exact) mass is 358 g/mol. The third-order valence-electron chi connectivity index (χ3n) is 4.18. The van der Waals surface area contributed by atoms with Gasteiger partial charge in [-0.3, -0.25) is 9.59 Å². The van der Waals surface area contributed by atoms with E-state index in [1.807, 2.05) is 0 Å². The maximum Gasteiger partial charge on any atom is 0.408 e. The van der Waals surface area contributed by atoms with E-state index in [4.69, 9.17) is 4.74 Å². The highest BCUT2D eigenvalue weighted by molar-refractivity contribution is 5.80. The van der Waals surface area contributed by atoms with Crippen LogP contribution >= 0.6 is 0 Å². The van der Waals surface area contributed by atoms with Crippen LogP contribution in [0.25, 0.3) is 0 Å². The van der Waals surface area contributed by atoms with E-state index in [0.717, 1.165) is 4.90 Å². The SMILES string of the molecule is COc1cccc(CC(=O)N2C[C@H](NC(C)=O)CC[C@@H]2C(F)(F)F)c1. The molecule has 25 heavy (non-hydrogen) atoms. The van der Waals surface area contributed by atoms with E-state index in [2.05, 4.69) is 5.32 Å². The van der Waals surface area contributed by atoms with E-state index in [-0.39, 0.29) is 31.7 Å². The van der Waals surface area contributed by atoms with E-state index in [9.17, 15) is 22.8 Å². The van der Waals surface area contributed by atoms with Gasteiger partial charge in [-0.2, -0.15) is 13.2 Å². The number of benzene rings is 1. The summed E-state index contributed by atoms with van der Waals surface area (Å²) in [5.41, 5.74) is 0.576. The zero-order chi connectivity index (χ0) is 18.6. The third-order valence-corrected chi connectivity index (χ3v) is 4.18. The lowest BCUT2D eigenvalue weighted by Crippen LogP contribution is -2.58. The quantitative estimate of drug-likeness (QED) is 0.899. The van der Waals surface area contributed by atoms with Crippen LogP contribution in [0, 0.1) is 0 Å². The van der Waals surface area contributed by atoms with Gasteiger partial charge in [0.25, 0.3) is 0 Å². The number of hydrogen-bond acceptors (Lipinski definition) is 3. The van der Waals surface area contributed by atoms with Crippen LogP contribution < -0.4 is 10.1 Å². The Morgan fingerprint density at radius 2 is 2.04 bits per heavy atom. The summed E-state index contributed by atoms with van der Waals surface area (Å²) in [4.78, 5) is 24.5. The fraction of sp³-hybridized carbons (Fsp3) is 0.529. The number of piperidine rings is 1. The Hall–Kier alpha value is -2.25. The van der Waals surface area contributed by atoms with Crippen molar-refractivity contribution < 1.29 is 27.5 Å². The van der Waals surface area contributed by atoms with Crippen molar-refractivity contribution in [1.82, 2.24) is 10.2 Å². The highest BCUT2D eigenvalue weighted by Gasteiger charge is 2.47. The molecule has 1 aromatic rings. The van der Waals surface area contributed by atoms with Gasteiger partial charge in [-0.25, -0.2) is 0 Å². The number of carbonyl (C=O) groups is 2. The molecule has 5 nitrogen and oxygen atoms in total. The minimum Gasteiger partial charge on any atom is -0.497 e. The zero-order valence-corrected chi connectivity index (χ0v) is 14.1. The molecule has 1 heterocycles. The molecule has 2 amide bonds. The Morgan fingerprint density at radius 1 is 1.32 bits per heavy atom. The van der Waals surface area contributed by atoms with Crippen molar-refractivity contribution in [2.75, 3.05) is 13.7 Å². The molecule has 0 aromatic heterocycles. The second-order valence-electron chi connectivity index (χ2n) is 6.11. The Bertz CT molecular complexity index is 634. The lowest BCUT2D eigenvalue weighted by Gasteiger charge is -2.40. The van der Waals surface area contributed by atoms with E-state index in [0.29, 0.717) is 11.3 Å². The molecule has 1 N–H and O–H groups in total. The van der Waals surface area contributed by atoms with Crippen LogP contribution in [0.15, 0.2) is 24.3 Å². The summed E-state index contributed by atoms with van der Waals surface area (Å²) in [5, 5.41) is 2.60. The maximum absolute atomic E-state index is 13.3. The molecule has 1 aliphatic heterocycles. The van der Waals surface area contributed by atoms with Crippen LogP contribution in [-0.4, -0.2) is 48.6 Å². The Kier molecular flexibility index (Phi) is 5.92. The number of ether oxygens (including phenoxy) is 1. The molecule has 8 heteroatoms. The average molecular weight is 358 g/mol. The van der Waals surface area contributed by atoms with Crippen LogP contribution in [-0.2, 0) is 16.0 Å². The van der Waals surface area contributed by atoms with Gasteiger partial charge in [0.1, 0.15) is 11.8 Å². The fourth-order valence-electron chi connectivity index (χ4n) is 3.05. The molecule has 2 rings (SSSR count). The summed E-state index contributed by atoms with van der Waals surface area (Å²) in [5.74, 6) is -0.409. The maximum atomic E-state index is 13.3. The average Bonchev–Trinajstić information content (AvgIpc) is 2.53. The molecule has 0 spiro atoms. The van der Waals surface area contributed by atoms with Crippen molar-refractivity contribution >= 4 is 11.8 Å². The highest BCUT2D eigenvalue weighted by atomic mass is 19.4. The van der Waals surface area contributed by atoms with Gasteiger partial charge in [0, 0.05) is 19.5 Å². The van der Waals surface area contributed by atoms with Crippen molar-refractivity contribution in [3.63, 3.8) is 0 Å². The number of halogens is 3. The van der Waals surface area contributed by atoms with Gasteiger partial charge in [-0.1, -0.05) is 12.1 Å². The molecular formula is C17H21F3N2O3. The molecule has 0 saturated carbocycles. The van der Waals surface area contributed by atoms with Gasteiger partial charge in [0.15, 0.2) is 0 Å². The smallest absolute Gasteiger partial charge is 0.408 e. The van der Waals surface area contributed by atoms with Crippen LogP contribution in [0.3, 0.4) is 0 Å². The highest BCUT2D eigenvalue weighted by Crippen LogP contribution is 2.32. The van der Waals surface area contributed by atoms with Crippen LogP contribution in [0.1, 0.15) is 25.3 Å². The van der Waals surface area contributed by atoms with Gasteiger partial charge < -0.3 is 15.0 Å². The third kappa shape index (κ3) is 5.11. The van der Waals surface area contributed by atoms with Crippen LogP contribution in [0.4, 0.5) is 13.2 Å². The van der Waals surface area contributed by atoms with Gasteiger partial charge in [-0.05, 0) is 30.5 Å². The number of nitrogens with one attached hydrogen (secondary N) is 1. The minimum atomic E-state index is -4.49. The number of amides is 2. The molecule has 1 aliphatic rings. The van der Waals surface area contributed by atoms with E-state index in [1.165, 1.54) is 14.0 Å². The first-order valence-corrected chi connectivity index (χ1v) is 7.97. The second kappa shape index (κ2) is 7.76.